The molecule has 8 heteroatoms. The summed E-state index contributed by atoms with van der Waals surface area (Å²) in [6.07, 6.45) is 3.46. The number of carboxylic acid groups (broad SMARTS) is 1. The fourth-order valence-corrected chi connectivity index (χ4v) is 6.11. The van der Waals surface area contributed by atoms with Crippen molar-refractivity contribution in [1.29, 1.82) is 0 Å². The fraction of sp³-hybridized carbons (Fsp3) is 0.444. The van der Waals surface area contributed by atoms with Gasteiger partial charge in [-0.15, -0.1) is 0 Å². The second kappa shape index (κ2) is 9.57. The van der Waals surface area contributed by atoms with Gasteiger partial charge in [0.15, 0.2) is 0 Å². The number of carboxylic acids is 1. The first-order chi connectivity index (χ1) is 16.9. The molecule has 7 nitrogen and oxygen atoms in total. The number of hydrogen-bond donors (Lipinski definition) is 2. The number of amides is 2. The first-order valence-corrected chi connectivity index (χ1v) is 13.4. The zero-order chi connectivity index (χ0) is 24.6. The van der Waals surface area contributed by atoms with Crippen LogP contribution >= 0.6 is 11.8 Å². The molecule has 2 aromatic carbocycles. The Kier molecular flexibility index (Phi) is 6.49. The van der Waals surface area contributed by atoms with Crippen LogP contribution in [0.5, 0.6) is 0 Å². The second-order valence-corrected chi connectivity index (χ2v) is 10.8. The molecule has 2 N–H and O–H groups in total. The number of ether oxygens (including phenoxy) is 1. The SMILES string of the molecule is CSCC[C@@H](NC(=O)OCC1c2ccccc2-c2ccccc21)C(=O)N1CC(C(=O)O)C2(CC2)C1. The normalized spacial score (nSPS) is 20.3. The average Bonchev–Trinajstić information content (AvgIpc) is 3.41. The van der Waals surface area contributed by atoms with Gasteiger partial charge in [-0.1, -0.05) is 48.5 Å². The summed E-state index contributed by atoms with van der Waals surface area (Å²) < 4.78 is 5.65. The molecule has 1 spiro atoms. The van der Waals surface area contributed by atoms with Crippen LogP contribution in [-0.2, 0) is 14.3 Å². The molecule has 1 saturated carbocycles. The number of likely N-dealkylation sites (tertiary alicyclic amines) is 1. The van der Waals surface area contributed by atoms with E-state index in [1.54, 1.807) is 16.7 Å². The van der Waals surface area contributed by atoms with E-state index in [0.717, 1.165) is 35.1 Å². The molecule has 35 heavy (non-hydrogen) atoms. The summed E-state index contributed by atoms with van der Waals surface area (Å²) in [5.74, 6) is -0.952. The van der Waals surface area contributed by atoms with Crippen LogP contribution in [0.4, 0.5) is 4.79 Å². The van der Waals surface area contributed by atoms with Gasteiger partial charge in [-0.2, -0.15) is 11.8 Å². The summed E-state index contributed by atoms with van der Waals surface area (Å²) in [5.41, 5.74) is 4.28. The Labute approximate surface area is 209 Å². The first kappa shape index (κ1) is 23.7. The van der Waals surface area contributed by atoms with Gasteiger partial charge in [-0.25, -0.2) is 4.79 Å². The van der Waals surface area contributed by atoms with E-state index >= 15 is 0 Å². The Morgan fingerprint density at radius 3 is 2.29 bits per heavy atom. The van der Waals surface area contributed by atoms with Crippen molar-refractivity contribution in [2.45, 2.75) is 31.2 Å². The standard InChI is InChI=1S/C27H30N2O5S/c1-35-13-10-23(24(30)29-14-22(25(31)32)27(16-29)11-12-27)28-26(33)34-15-21-19-8-4-2-6-17(19)18-7-3-5-9-20(18)21/h2-9,21-23H,10-16H2,1H3,(H,28,33)(H,31,32)/t22?,23-/m1/s1. The molecule has 2 aromatic rings. The molecule has 3 aliphatic rings. The maximum absolute atomic E-state index is 13.3. The summed E-state index contributed by atoms with van der Waals surface area (Å²) in [7, 11) is 0. The third kappa shape index (κ3) is 4.51. The maximum atomic E-state index is 13.3. The summed E-state index contributed by atoms with van der Waals surface area (Å²) in [4.78, 5) is 39.5. The molecule has 2 atom stereocenters. The highest BCUT2D eigenvalue weighted by Gasteiger charge is 2.59. The van der Waals surface area contributed by atoms with Crippen molar-refractivity contribution in [1.82, 2.24) is 10.2 Å². The van der Waals surface area contributed by atoms with E-state index in [2.05, 4.69) is 29.6 Å². The molecular formula is C27H30N2O5S. The van der Waals surface area contributed by atoms with Crippen LogP contribution in [0.1, 0.15) is 36.3 Å². The number of aliphatic carboxylic acids is 1. The van der Waals surface area contributed by atoms with E-state index in [0.29, 0.717) is 18.7 Å². The Bertz CT molecular complexity index is 1100. The molecule has 0 radical (unpaired) electrons. The van der Waals surface area contributed by atoms with Gasteiger partial charge in [-0.3, -0.25) is 9.59 Å². The Balaban J connectivity index is 1.24. The van der Waals surface area contributed by atoms with Crippen LogP contribution in [0.2, 0.25) is 0 Å². The molecule has 5 rings (SSSR count). The zero-order valence-corrected chi connectivity index (χ0v) is 20.6. The van der Waals surface area contributed by atoms with E-state index in [1.165, 1.54) is 0 Å². The lowest BCUT2D eigenvalue weighted by atomic mass is 9.93. The van der Waals surface area contributed by atoms with Crippen molar-refractivity contribution in [3.05, 3.63) is 59.7 Å². The van der Waals surface area contributed by atoms with Gasteiger partial charge >= 0.3 is 12.1 Å². The molecule has 2 amide bonds. The average molecular weight is 495 g/mol. The van der Waals surface area contributed by atoms with Gasteiger partial charge in [-0.05, 0) is 53.5 Å². The van der Waals surface area contributed by atoms with Gasteiger partial charge in [0.1, 0.15) is 12.6 Å². The van der Waals surface area contributed by atoms with Crippen LogP contribution in [-0.4, -0.2) is 65.7 Å². The molecular weight excluding hydrogens is 464 g/mol. The Morgan fingerprint density at radius 2 is 1.74 bits per heavy atom. The molecule has 2 aliphatic carbocycles. The number of nitrogens with zero attached hydrogens (tertiary/aromatic N) is 1. The second-order valence-electron chi connectivity index (χ2n) is 9.78. The Hall–Kier alpha value is -3.00. The molecule has 0 aromatic heterocycles. The highest BCUT2D eigenvalue weighted by atomic mass is 32.2. The van der Waals surface area contributed by atoms with Gasteiger partial charge < -0.3 is 20.1 Å². The summed E-state index contributed by atoms with van der Waals surface area (Å²) in [5, 5.41) is 12.4. The number of carbonyl (C=O) groups is 3. The van der Waals surface area contributed by atoms with Crippen molar-refractivity contribution < 1.29 is 24.2 Å². The molecule has 2 fully saturated rings. The fourth-order valence-electron chi connectivity index (χ4n) is 5.64. The Morgan fingerprint density at radius 1 is 1.11 bits per heavy atom. The molecule has 1 saturated heterocycles. The lowest BCUT2D eigenvalue weighted by Crippen LogP contribution is -2.48. The zero-order valence-electron chi connectivity index (χ0n) is 19.7. The quantitative estimate of drug-likeness (QED) is 0.577. The number of carbonyl (C=O) groups excluding carboxylic acids is 2. The van der Waals surface area contributed by atoms with Gasteiger partial charge in [0.25, 0.3) is 0 Å². The minimum atomic E-state index is -0.844. The van der Waals surface area contributed by atoms with Crippen LogP contribution < -0.4 is 5.32 Å². The molecule has 1 heterocycles. The van der Waals surface area contributed by atoms with E-state index in [-0.39, 0.29) is 30.4 Å². The third-order valence-corrected chi connectivity index (χ3v) is 8.34. The minimum absolute atomic E-state index is 0.0573. The number of nitrogens with one attached hydrogen (secondary N) is 1. The number of benzene rings is 2. The maximum Gasteiger partial charge on any atom is 0.407 e. The third-order valence-electron chi connectivity index (χ3n) is 7.69. The molecule has 1 unspecified atom stereocenters. The van der Waals surface area contributed by atoms with Crippen molar-refractivity contribution in [2.75, 3.05) is 31.7 Å². The first-order valence-electron chi connectivity index (χ1n) is 12.1. The van der Waals surface area contributed by atoms with Gasteiger partial charge in [0.05, 0.1) is 5.92 Å². The van der Waals surface area contributed by atoms with Crippen molar-refractivity contribution in [3.63, 3.8) is 0 Å². The number of rotatable bonds is 8. The van der Waals surface area contributed by atoms with Gasteiger partial charge in [0, 0.05) is 24.4 Å². The number of fused-ring (bicyclic) bond motifs is 3. The number of alkyl carbamates (subject to hydrolysis) is 1. The molecule has 0 bridgehead atoms. The van der Waals surface area contributed by atoms with Crippen molar-refractivity contribution in [3.8, 4) is 11.1 Å². The van der Waals surface area contributed by atoms with Gasteiger partial charge in [0.2, 0.25) is 5.91 Å². The number of hydrogen-bond acceptors (Lipinski definition) is 5. The lowest BCUT2D eigenvalue weighted by Gasteiger charge is -2.24. The van der Waals surface area contributed by atoms with E-state index in [4.69, 9.17) is 4.74 Å². The minimum Gasteiger partial charge on any atom is -0.481 e. The van der Waals surface area contributed by atoms with Crippen molar-refractivity contribution >= 4 is 29.7 Å². The largest absolute Gasteiger partial charge is 0.481 e. The summed E-state index contributed by atoms with van der Waals surface area (Å²) >= 11 is 1.60. The molecule has 1 aliphatic heterocycles. The summed E-state index contributed by atoms with van der Waals surface area (Å²) in [6.45, 7) is 0.832. The predicted octanol–water partition coefficient (Wildman–Crippen LogP) is 3.97. The number of thioether (sulfide) groups is 1. The van der Waals surface area contributed by atoms with Crippen molar-refractivity contribution in [2.24, 2.45) is 11.3 Å². The predicted molar refractivity (Wildman–Crippen MR) is 134 cm³/mol. The van der Waals surface area contributed by atoms with E-state index in [9.17, 15) is 19.5 Å². The van der Waals surface area contributed by atoms with E-state index in [1.807, 2.05) is 30.5 Å². The summed E-state index contributed by atoms with van der Waals surface area (Å²) in [6, 6.07) is 15.5. The lowest BCUT2D eigenvalue weighted by molar-refractivity contribution is -0.143. The van der Waals surface area contributed by atoms with Crippen LogP contribution in [0, 0.1) is 11.3 Å². The highest BCUT2D eigenvalue weighted by Crippen LogP contribution is 2.56. The molecule has 184 valence electrons. The van der Waals surface area contributed by atoms with E-state index < -0.39 is 24.0 Å². The van der Waals surface area contributed by atoms with Crippen LogP contribution in [0.3, 0.4) is 0 Å². The highest BCUT2D eigenvalue weighted by molar-refractivity contribution is 7.98. The smallest absolute Gasteiger partial charge is 0.407 e. The van der Waals surface area contributed by atoms with Crippen LogP contribution in [0.25, 0.3) is 11.1 Å². The topological polar surface area (TPSA) is 95.9 Å². The van der Waals surface area contributed by atoms with Crippen LogP contribution in [0.15, 0.2) is 48.5 Å². The monoisotopic (exact) mass is 494 g/mol.